The Morgan fingerprint density at radius 2 is 0.873 bits per heavy atom. The van der Waals surface area contributed by atoms with Crippen LogP contribution in [0.25, 0.3) is 0 Å². The summed E-state index contributed by atoms with van der Waals surface area (Å²) >= 11 is 0. The molecular formula is C57H109NO13. The van der Waals surface area contributed by atoms with E-state index >= 15 is 0 Å². The molecule has 0 spiro atoms. The van der Waals surface area contributed by atoms with Crippen molar-refractivity contribution in [3.8, 4) is 0 Å². The van der Waals surface area contributed by atoms with E-state index in [9.17, 15) is 45.6 Å². The molecule has 0 aromatic rings. The van der Waals surface area contributed by atoms with Crippen LogP contribution >= 0.6 is 0 Å². The Bertz CT molecular complexity index is 1240. The molecule has 2 rings (SSSR count). The first-order valence-electron chi connectivity index (χ1n) is 29.4. The zero-order chi connectivity index (χ0) is 51.7. The lowest BCUT2D eigenvalue weighted by atomic mass is 9.97. The molecule has 0 saturated carbocycles. The monoisotopic (exact) mass is 1020 g/mol. The smallest absolute Gasteiger partial charge is 0.220 e. The highest BCUT2D eigenvalue weighted by Crippen LogP contribution is 2.30. The molecule has 0 bridgehead atoms. The lowest BCUT2D eigenvalue weighted by molar-refractivity contribution is -0.359. The van der Waals surface area contributed by atoms with Gasteiger partial charge in [-0.2, -0.15) is 0 Å². The van der Waals surface area contributed by atoms with Gasteiger partial charge in [0.05, 0.1) is 32.0 Å². The first kappa shape index (κ1) is 65.8. The Kier molecular flexibility index (Phi) is 40.7. The van der Waals surface area contributed by atoms with Crippen molar-refractivity contribution in [2.45, 2.75) is 325 Å². The molecule has 2 aliphatic heterocycles. The lowest BCUT2D eigenvalue weighted by Gasteiger charge is -2.46. The van der Waals surface area contributed by atoms with Gasteiger partial charge in [0.1, 0.15) is 48.8 Å². The van der Waals surface area contributed by atoms with Gasteiger partial charge in [-0.05, 0) is 19.3 Å². The number of aliphatic hydroxyl groups is 8. The van der Waals surface area contributed by atoms with E-state index in [1.807, 2.05) is 6.08 Å². The van der Waals surface area contributed by atoms with Crippen molar-refractivity contribution in [1.29, 1.82) is 0 Å². The molecule has 1 amide bonds. The Balaban J connectivity index is 1.72. The largest absolute Gasteiger partial charge is 0.394 e. The topological polar surface area (TPSA) is 228 Å². The van der Waals surface area contributed by atoms with Crippen molar-refractivity contribution in [1.82, 2.24) is 5.32 Å². The number of nitrogens with one attached hydrogen (secondary N) is 1. The van der Waals surface area contributed by atoms with Gasteiger partial charge in [0.2, 0.25) is 5.91 Å². The van der Waals surface area contributed by atoms with Crippen LogP contribution in [0.15, 0.2) is 12.2 Å². The van der Waals surface area contributed by atoms with Crippen LogP contribution < -0.4 is 5.32 Å². The zero-order valence-corrected chi connectivity index (χ0v) is 45.0. The van der Waals surface area contributed by atoms with E-state index < -0.39 is 86.8 Å². The Labute approximate surface area is 431 Å². The highest BCUT2D eigenvalue weighted by molar-refractivity contribution is 5.76. The molecule has 0 aromatic carbocycles. The lowest BCUT2D eigenvalue weighted by Crippen LogP contribution is -2.65. The second-order valence-electron chi connectivity index (χ2n) is 21.1. The van der Waals surface area contributed by atoms with E-state index in [1.165, 1.54) is 186 Å². The Morgan fingerprint density at radius 1 is 0.493 bits per heavy atom. The number of rotatable bonds is 47. The summed E-state index contributed by atoms with van der Waals surface area (Å²) in [6.07, 6.45) is 32.6. The summed E-state index contributed by atoms with van der Waals surface area (Å²) in [6.45, 7) is 2.81. The second-order valence-corrected chi connectivity index (χ2v) is 21.1. The normalized spacial score (nSPS) is 25.8. The number of ether oxygens (including phenoxy) is 4. The molecule has 14 nitrogen and oxygen atoms in total. The standard InChI is InChI=1S/C57H109NO13/c1-3-5-7-9-11-13-15-17-18-19-20-21-22-23-24-25-26-27-29-31-33-35-37-39-41-49(62)58-45(46(61)40-38-36-34-32-30-28-16-14-12-10-8-6-4-2)44-68-56-54(67)52(65)55(48(43-60)70-56)71-57-53(66)51(64)50(63)47(42-59)69-57/h38,40,45-48,50-57,59-61,63-67H,3-37,39,41-44H2,1-2H3,(H,58,62)/b40-38+. The molecule has 2 fully saturated rings. The molecule has 0 radical (unpaired) electrons. The van der Waals surface area contributed by atoms with Gasteiger partial charge in [-0.1, -0.05) is 238 Å². The minimum atomic E-state index is -1.78. The molecule has 0 aliphatic carbocycles. The van der Waals surface area contributed by atoms with Crippen molar-refractivity contribution < 1.29 is 64.6 Å². The molecule has 2 saturated heterocycles. The van der Waals surface area contributed by atoms with E-state index in [-0.39, 0.29) is 18.9 Å². The van der Waals surface area contributed by atoms with Crippen molar-refractivity contribution in [3.05, 3.63) is 12.2 Å². The zero-order valence-electron chi connectivity index (χ0n) is 45.0. The average Bonchev–Trinajstić information content (AvgIpc) is 3.37. The quantitative estimate of drug-likeness (QED) is 0.0205. The number of carbonyl (C=O) groups is 1. The maximum absolute atomic E-state index is 13.2. The van der Waals surface area contributed by atoms with Crippen LogP contribution in [0, 0.1) is 0 Å². The fourth-order valence-corrected chi connectivity index (χ4v) is 9.94. The molecule has 0 aromatic heterocycles. The number of hydrogen-bond donors (Lipinski definition) is 9. The van der Waals surface area contributed by atoms with Crippen LogP contribution in [0.3, 0.4) is 0 Å². The van der Waals surface area contributed by atoms with Crippen LogP contribution in [-0.2, 0) is 23.7 Å². The van der Waals surface area contributed by atoms with Crippen LogP contribution in [-0.4, -0.2) is 140 Å². The van der Waals surface area contributed by atoms with Gasteiger partial charge in [0, 0.05) is 6.42 Å². The number of hydrogen-bond acceptors (Lipinski definition) is 13. The van der Waals surface area contributed by atoms with Gasteiger partial charge in [0.25, 0.3) is 0 Å². The van der Waals surface area contributed by atoms with Crippen molar-refractivity contribution in [3.63, 3.8) is 0 Å². The van der Waals surface area contributed by atoms with Gasteiger partial charge >= 0.3 is 0 Å². The fraction of sp³-hybridized carbons (Fsp3) is 0.947. The number of allylic oxidation sites excluding steroid dienone is 1. The van der Waals surface area contributed by atoms with Crippen molar-refractivity contribution in [2.24, 2.45) is 0 Å². The number of aliphatic hydroxyl groups excluding tert-OH is 8. The summed E-state index contributed by atoms with van der Waals surface area (Å²) in [4.78, 5) is 13.2. The summed E-state index contributed by atoms with van der Waals surface area (Å²) in [5, 5.41) is 86.9. The maximum Gasteiger partial charge on any atom is 0.220 e. The van der Waals surface area contributed by atoms with E-state index in [1.54, 1.807) is 6.08 Å². The van der Waals surface area contributed by atoms with Gasteiger partial charge in [-0.25, -0.2) is 0 Å². The predicted octanol–water partition coefficient (Wildman–Crippen LogP) is 9.50. The third-order valence-corrected chi connectivity index (χ3v) is 14.7. The molecule has 12 atom stereocenters. The molecule has 14 heteroatoms. The molecule has 9 N–H and O–H groups in total. The minimum absolute atomic E-state index is 0.235. The molecule has 71 heavy (non-hydrogen) atoms. The van der Waals surface area contributed by atoms with E-state index in [4.69, 9.17) is 18.9 Å². The summed E-state index contributed by atoms with van der Waals surface area (Å²) in [5.74, 6) is -0.235. The molecular weight excluding hydrogens is 907 g/mol. The maximum atomic E-state index is 13.2. The Morgan fingerprint density at radius 3 is 1.30 bits per heavy atom. The van der Waals surface area contributed by atoms with E-state index in [0.29, 0.717) is 6.42 Å². The molecule has 12 unspecified atom stereocenters. The van der Waals surface area contributed by atoms with E-state index in [2.05, 4.69) is 19.2 Å². The SMILES string of the molecule is CCCCCCCCCCCCC/C=C/C(O)C(COC1OC(CO)C(OC2OC(CO)C(O)C(O)C2O)C(O)C1O)NC(=O)CCCCCCCCCCCCCCCCCCCCCCCCCC. The number of amides is 1. The van der Waals surface area contributed by atoms with Gasteiger partial charge < -0.3 is 65.1 Å². The third-order valence-electron chi connectivity index (χ3n) is 14.7. The molecule has 2 aliphatic rings. The fourth-order valence-electron chi connectivity index (χ4n) is 9.94. The van der Waals surface area contributed by atoms with Crippen LogP contribution in [0.2, 0.25) is 0 Å². The third kappa shape index (κ3) is 30.2. The number of carbonyl (C=O) groups excluding carboxylic acids is 1. The summed E-state index contributed by atoms with van der Waals surface area (Å²) in [6, 6.07) is -0.908. The summed E-state index contributed by atoms with van der Waals surface area (Å²) in [5.41, 5.74) is 0. The van der Waals surface area contributed by atoms with Crippen LogP contribution in [0.5, 0.6) is 0 Å². The highest BCUT2D eigenvalue weighted by atomic mass is 16.7. The summed E-state index contributed by atoms with van der Waals surface area (Å²) in [7, 11) is 0. The van der Waals surface area contributed by atoms with Crippen molar-refractivity contribution >= 4 is 5.91 Å². The van der Waals surface area contributed by atoms with Gasteiger partial charge in [0.15, 0.2) is 12.6 Å². The first-order valence-corrected chi connectivity index (χ1v) is 29.4. The van der Waals surface area contributed by atoms with Gasteiger partial charge in [-0.3, -0.25) is 4.79 Å². The van der Waals surface area contributed by atoms with Crippen LogP contribution in [0.4, 0.5) is 0 Å². The predicted molar refractivity (Wildman–Crippen MR) is 282 cm³/mol. The molecule has 420 valence electrons. The average molecular weight is 1020 g/mol. The minimum Gasteiger partial charge on any atom is -0.394 e. The summed E-state index contributed by atoms with van der Waals surface area (Å²) < 4.78 is 22.7. The van der Waals surface area contributed by atoms with Gasteiger partial charge in [-0.15, -0.1) is 0 Å². The molecule has 2 heterocycles. The highest BCUT2D eigenvalue weighted by Gasteiger charge is 2.51. The van der Waals surface area contributed by atoms with Crippen LogP contribution in [0.1, 0.15) is 251 Å². The second kappa shape index (κ2) is 43.9. The van der Waals surface area contributed by atoms with Crippen molar-refractivity contribution in [2.75, 3.05) is 19.8 Å². The van der Waals surface area contributed by atoms with E-state index in [0.717, 1.165) is 38.5 Å². The Hall–Kier alpha value is -1.27. The first-order chi connectivity index (χ1) is 34.6. The number of unbranched alkanes of at least 4 members (excludes halogenated alkanes) is 34.